The van der Waals surface area contributed by atoms with Crippen molar-refractivity contribution in [3.8, 4) is 0 Å². The first-order valence-corrected chi connectivity index (χ1v) is 5.79. The van der Waals surface area contributed by atoms with Crippen LogP contribution in [0, 0.1) is 0 Å². The summed E-state index contributed by atoms with van der Waals surface area (Å²) in [7, 11) is 0. The maximum Gasteiger partial charge on any atom is 0.0781 e. The van der Waals surface area contributed by atoms with Gasteiger partial charge in [-0.25, -0.2) is 0 Å². The molecule has 0 aliphatic rings. The van der Waals surface area contributed by atoms with Crippen LogP contribution in [0.4, 0.5) is 0 Å². The van der Waals surface area contributed by atoms with E-state index in [-0.39, 0.29) is 6.10 Å². The second kappa shape index (κ2) is 11.9. The highest BCUT2D eigenvalue weighted by atomic mass is 16.5. The van der Waals surface area contributed by atoms with Gasteiger partial charge in [0.05, 0.1) is 25.9 Å². The largest absolute Gasteiger partial charge is 0.380 e. The summed E-state index contributed by atoms with van der Waals surface area (Å²) in [5.41, 5.74) is 0. The van der Waals surface area contributed by atoms with Crippen molar-refractivity contribution in [2.24, 2.45) is 0 Å². The van der Waals surface area contributed by atoms with Gasteiger partial charge in [-0.1, -0.05) is 0 Å². The van der Waals surface area contributed by atoms with Crippen LogP contribution in [0.3, 0.4) is 0 Å². The predicted octanol–water partition coefficient (Wildman–Crippen LogP) is 1.05. The van der Waals surface area contributed by atoms with Gasteiger partial charge in [-0.2, -0.15) is 0 Å². The van der Waals surface area contributed by atoms with E-state index < -0.39 is 0 Å². The van der Waals surface area contributed by atoms with E-state index in [0.29, 0.717) is 6.61 Å². The van der Waals surface area contributed by atoms with Gasteiger partial charge in [0.25, 0.3) is 0 Å². The molecule has 0 rings (SSSR count). The van der Waals surface area contributed by atoms with Crippen molar-refractivity contribution < 1.29 is 14.2 Å². The molecule has 0 spiro atoms. The molecule has 0 amide bonds. The number of hydrogen-bond acceptors (Lipinski definition) is 4. The molecular weight excluding hydrogens is 194 g/mol. The minimum atomic E-state index is 0.179. The average molecular weight is 219 g/mol. The smallest absolute Gasteiger partial charge is 0.0781 e. The molecule has 1 atom stereocenters. The first-order chi connectivity index (χ1) is 7.31. The third kappa shape index (κ3) is 11.8. The SMILES string of the molecule is CCOCCNCCOC(C)COCC. The molecule has 1 unspecified atom stereocenters. The molecule has 1 N–H and O–H groups in total. The maximum absolute atomic E-state index is 5.52. The fraction of sp³-hybridized carbons (Fsp3) is 1.00. The fourth-order valence-corrected chi connectivity index (χ4v) is 1.08. The van der Waals surface area contributed by atoms with Gasteiger partial charge in [-0.3, -0.25) is 0 Å². The van der Waals surface area contributed by atoms with Crippen molar-refractivity contribution in [3.63, 3.8) is 0 Å². The van der Waals surface area contributed by atoms with Crippen LogP contribution in [0.1, 0.15) is 20.8 Å². The van der Waals surface area contributed by atoms with Gasteiger partial charge < -0.3 is 19.5 Å². The highest BCUT2D eigenvalue weighted by Crippen LogP contribution is 1.90. The molecule has 0 aromatic carbocycles. The second-order valence-corrected chi connectivity index (χ2v) is 3.29. The lowest BCUT2D eigenvalue weighted by Gasteiger charge is -2.13. The summed E-state index contributed by atoms with van der Waals surface area (Å²) in [6.07, 6.45) is 0.179. The van der Waals surface area contributed by atoms with Crippen LogP contribution >= 0.6 is 0 Å². The van der Waals surface area contributed by atoms with Crippen LogP contribution in [0.2, 0.25) is 0 Å². The molecule has 0 fully saturated rings. The van der Waals surface area contributed by atoms with Crippen molar-refractivity contribution in [2.45, 2.75) is 26.9 Å². The third-order valence-corrected chi connectivity index (χ3v) is 1.87. The van der Waals surface area contributed by atoms with Gasteiger partial charge in [0.1, 0.15) is 0 Å². The lowest BCUT2D eigenvalue weighted by molar-refractivity contribution is -0.00220. The summed E-state index contributed by atoms with van der Waals surface area (Å²) >= 11 is 0. The van der Waals surface area contributed by atoms with Crippen molar-refractivity contribution in [1.29, 1.82) is 0 Å². The Labute approximate surface area is 93.3 Å². The minimum Gasteiger partial charge on any atom is -0.380 e. The van der Waals surface area contributed by atoms with Gasteiger partial charge in [0.2, 0.25) is 0 Å². The number of ether oxygens (including phenoxy) is 3. The quantitative estimate of drug-likeness (QED) is 0.527. The lowest BCUT2D eigenvalue weighted by atomic mass is 10.4. The van der Waals surface area contributed by atoms with E-state index in [1.165, 1.54) is 0 Å². The van der Waals surface area contributed by atoms with Crippen LogP contribution in [0.15, 0.2) is 0 Å². The van der Waals surface area contributed by atoms with E-state index >= 15 is 0 Å². The summed E-state index contributed by atoms with van der Waals surface area (Å²) in [6.45, 7) is 11.5. The summed E-state index contributed by atoms with van der Waals surface area (Å²) in [6, 6.07) is 0. The maximum atomic E-state index is 5.52. The standard InChI is InChI=1S/C11H25NO3/c1-4-13-8-6-12-7-9-15-11(3)10-14-5-2/h11-12H,4-10H2,1-3H3. The van der Waals surface area contributed by atoms with Crippen molar-refractivity contribution >= 4 is 0 Å². The van der Waals surface area contributed by atoms with E-state index in [1.54, 1.807) is 0 Å². The third-order valence-electron chi connectivity index (χ3n) is 1.87. The zero-order valence-corrected chi connectivity index (χ0v) is 10.3. The Morgan fingerprint density at radius 1 is 1.00 bits per heavy atom. The molecule has 15 heavy (non-hydrogen) atoms. The molecule has 0 saturated heterocycles. The highest BCUT2D eigenvalue weighted by Gasteiger charge is 2.00. The Kier molecular flexibility index (Phi) is 11.8. The topological polar surface area (TPSA) is 39.7 Å². The molecule has 0 bridgehead atoms. The van der Waals surface area contributed by atoms with Crippen molar-refractivity contribution in [2.75, 3.05) is 46.1 Å². The van der Waals surface area contributed by atoms with Crippen LogP contribution in [0.5, 0.6) is 0 Å². The molecule has 0 heterocycles. The van der Waals surface area contributed by atoms with Gasteiger partial charge in [0, 0.05) is 26.3 Å². The lowest BCUT2D eigenvalue weighted by Crippen LogP contribution is -2.26. The molecule has 0 aliphatic heterocycles. The molecular formula is C11H25NO3. The molecule has 0 saturated carbocycles. The Morgan fingerprint density at radius 2 is 1.67 bits per heavy atom. The first-order valence-electron chi connectivity index (χ1n) is 5.79. The Hall–Kier alpha value is -0.160. The fourth-order valence-electron chi connectivity index (χ4n) is 1.08. The number of nitrogens with one attached hydrogen (secondary N) is 1. The first kappa shape index (κ1) is 14.8. The molecule has 0 aromatic heterocycles. The zero-order chi connectivity index (χ0) is 11.4. The summed E-state index contributed by atoms with van der Waals surface area (Å²) in [5, 5.41) is 3.24. The molecule has 4 nitrogen and oxygen atoms in total. The highest BCUT2D eigenvalue weighted by molar-refractivity contribution is 4.49. The van der Waals surface area contributed by atoms with Gasteiger partial charge in [0.15, 0.2) is 0 Å². The normalized spacial score (nSPS) is 13.0. The molecule has 0 aliphatic carbocycles. The van der Waals surface area contributed by atoms with E-state index in [0.717, 1.165) is 39.5 Å². The summed E-state index contributed by atoms with van der Waals surface area (Å²) in [5.74, 6) is 0. The Morgan fingerprint density at radius 3 is 2.33 bits per heavy atom. The van der Waals surface area contributed by atoms with E-state index in [9.17, 15) is 0 Å². The van der Waals surface area contributed by atoms with E-state index in [1.807, 2.05) is 20.8 Å². The molecule has 0 aromatic rings. The number of hydrogen-bond donors (Lipinski definition) is 1. The van der Waals surface area contributed by atoms with Gasteiger partial charge in [-0.15, -0.1) is 0 Å². The van der Waals surface area contributed by atoms with Crippen LogP contribution < -0.4 is 5.32 Å². The van der Waals surface area contributed by atoms with Crippen LogP contribution in [-0.2, 0) is 14.2 Å². The monoisotopic (exact) mass is 219 g/mol. The van der Waals surface area contributed by atoms with Crippen LogP contribution in [0.25, 0.3) is 0 Å². The Balaban J connectivity index is 3.02. The van der Waals surface area contributed by atoms with E-state index in [2.05, 4.69) is 5.32 Å². The molecule has 0 radical (unpaired) electrons. The Bertz CT molecular complexity index is 122. The van der Waals surface area contributed by atoms with Crippen molar-refractivity contribution in [3.05, 3.63) is 0 Å². The van der Waals surface area contributed by atoms with Crippen molar-refractivity contribution in [1.82, 2.24) is 5.32 Å². The number of rotatable bonds is 11. The molecule has 4 heteroatoms. The summed E-state index contributed by atoms with van der Waals surface area (Å²) in [4.78, 5) is 0. The van der Waals surface area contributed by atoms with Gasteiger partial charge in [-0.05, 0) is 20.8 Å². The minimum absolute atomic E-state index is 0.179. The van der Waals surface area contributed by atoms with E-state index in [4.69, 9.17) is 14.2 Å². The van der Waals surface area contributed by atoms with Gasteiger partial charge >= 0.3 is 0 Å². The van der Waals surface area contributed by atoms with Crippen LogP contribution in [-0.4, -0.2) is 52.2 Å². The molecule has 92 valence electrons. The zero-order valence-electron chi connectivity index (χ0n) is 10.3. The summed E-state index contributed by atoms with van der Waals surface area (Å²) < 4.78 is 16.0. The average Bonchev–Trinajstić information content (AvgIpc) is 2.25. The predicted molar refractivity (Wildman–Crippen MR) is 61.3 cm³/mol. The second-order valence-electron chi connectivity index (χ2n) is 3.29.